The van der Waals surface area contributed by atoms with Crippen LogP contribution in [-0.2, 0) is 22.5 Å². The minimum absolute atomic E-state index is 0. The van der Waals surface area contributed by atoms with Gasteiger partial charge in [0.2, 0.25) is 5.91 Å². The number of rotatable bonds is 13. The van der Waals surface area contributed by atoms with Gasteiger partial charge in [0.05, 0.1) is 19.3 Å². The zero-order valence-electron chi connectivity index (χ0n) is 23.2. The molecule has 9 nitrogen and oxygen atoms in total. The van der Waals surface area contributed by atoms with E-state index in [1.165, 1.54) is 25.6 Å². The van der Waals surface area contributed by atoms with E-state index in [1.807, 2.05) is 44.2 Å². The van der Waals surface area contributed by atoms with Crippen LogP contribution in [0.2, 0.25) is 0 Å². The van der Waals surface area contributed by atoms with Crippen molar-refractivity contribution in [2.45, 2.75) is 64.3 Å². The summed E-state index contributed by atoms with van der Waals surface area (Å²) in [4.78, 5) is 27.5. The summed E-state index contributed by atoms with van der Waals surface area (Å²) in [6, 6.07) is 16.6. The molecule has 2 aromatic rings. The molecular weight excluding hydrogens is 518 g/mol. The standard InChI is InChI=1S/C29H43N5O4.ClH/c1-4-21(2)27(32-29(37)38-3)28(36)31-25(18-22-10-6-5-7-11-22)26(35)20-34(30)19-23-12-14-24(15-13-23)33-16-8-9-17-33;/h5-7,10-15,21,25-27,35H,4,8-9,16-20,30H2,1-3H3,(H,31,36)(H,32,37);1H/t21?,25?,26?,27-;/m0./s1. The van der Waals surface area contributed by atoms with Gasteiger partial charge < -0.3 is 25.4 Å². The first-order valence-corrected chi connectivity index (χ1v) is 13.5. The summed E-state index contributed by atoms with van der Waals surface area (Å²) in [5, 5.41) is 18.4. The number of anilines is 1. The molecule has 1 aliphatic rings. The number of nitrogens with one attached hydrogen (secondary N) is 2. The van der Waals surface area contributed by atoms with Gasteiger partial charge in [0.25, 0.3) is 0 Å². The highest BCUT2D eigenvalue weighted by atomic mass is 35.5. The van der Waals surface area contributed by atoms with E-state index in [-0.39, 0.29) is 30.8 Å². The molecule has 3 rings (SSSR count). The molecule has 3 unspecified atom stereocenters. The first-order valence-electron chi connectivity index (χ1n) is 13.5. The van der Waals surface area contributed by atoms with Crippen LogP contribution in [0.4, 0.5) is 10.5 Å². The summed E-state index contributed by atoms with van der Waals surface area (Å²) in [7, 11) is 1.26. The third-order valence-electron chi connectivity index (χ3n) is 7.26. The first kappa shape index (κ1) is 32.4. The SMILES string of the molecule is CCC(C)[C@H](NC(=O)OC)C(=O)NC(Cc1ccccc1)C(O)CN(N)Cc1ccc(N2CCCC2)cc1.Cl. The maximum Gasteiger partial charge on any atom is 0.407 e. The lowest BCUT2D eigenvalue weighted by molar-refractivity contribution is -0.126. The second-order valence-corrected chi connectivity index (χ2v) is 10.2. The Bertz CT molecular complexity index is 1000. The number of methoxy groups -OCH3 is 1. The molecular formula is C29H44ClN5O4. The fraction of sp³-hybridized carbons (Fsp3) is 0.517. The number of benzene rings is 2. The Morgan fingerprint density at radius 2 is 1.69 bits per heavy atom. The Morgan fingerprint density at radius 3 is 2.28 bits per heavy atom. The number of carbonyl (C=O) groups excluding carboxylic acids is 2. The van der Waals surface area contributed by atoms with Gasteiger partial charge in [-0.15, -0.1) is 12.4 Å². The lowest BCUT2D eigenvalue weighted by atomic mass is 9.96. The lowest BCUT2D eigenvalue weighted by Crippen LogP contribution is -2.57. The van der Waals surface area contributed by atoms with E-state index < -0.39 is 24.3 Å². The van der Waals surface area contributed by atoms with E-state index in [1.54, 1.807) is 5.01 Å². The maximum absolute atomic E-state index is 13.3. The number of hydrogen-bond acceptors (Lipinski definition) is 7. The second-order valence-electron chi connectivity index (χ2n) is 10.2. The number of hydrogen-bond donors (Lipinski definition) is 4. The Balaban J connectivity index is 0.00000533. The molecule has 0 aliphatic carbocycles. The molecule has 1 aliphatic heterocycles. The second kappa shape index (κ2) is 16.3. The Kier molecular flexibility index (Phi) is 13.5. The monoisotopic (exact) mass is 561 g/mol. The van der Waals surface area contributed by atoms with Crippen molar-refractivity contribution in [1.82, 2.24) is 15.6 Å². The molecule has 1 saturated heterocycles. The van der Waals surface area contributed by atoms with Gasteiger partial charge in [-0.3, -0.25) is 10.6 Å². The molecule has 2 amide bonds. The van der Waals surface area contributed by atoms with Gasteiger partial charge >= 0.3 is 6.09 Å². The van der Waals surface area contributed by atoms with Crippen LogP contribution in [0, 0.1) is 5.92 Å². The number of aliphatic hydroxyl groups is 1. The maximum atomic E-state index is 13.3. The molecule has 0 saturated carbocycles. The third-order valence-corrected chi connectivity index (χ3v) is 7.26. The van der Waals surface area contributed by atoms with E-state index in [9.17, 15) is 14.7 Å². The van der Waals surface area contributed by atoms with Gasteiger partial charge in [0.1, 0.15) is 6.04 Å². The van der Waals surface area contributed by atoms with Crippen molar-refractivity contribution in [3.05, 3.63) is 65.7 Å². The molecule has 39 heavy (non-hydrogen) atoms. The van der Waals surface area contributed by atoms with Crippen molar-refractivity contribution in [3.8, 4) is 0 Å². The van der Waals surface area contributed by atoms with E-state index in [2.05, 4.69) is 39.8 Å². The van der Waals surface area contributed by atoms with Crippen molar-refractivity contribution in [2.24, 2.45) is 11.8 Å². The van der Waals surface area contributed by atoms with E-state index in [0.717, 1.165) is 24.2 Å². The summed E-state index contributed by atoms with van der Waals surface area (Å²) < 4.78 is 4.71. The number of alkyl carbamates (subject to hydrolysis) is 1. The number of hydrazine groups is 1. The first-order chi connectivity index (χ1) is 18.3. The molecule has 1 heterocycles. The van der Waals surface area contributed by atoms with E-state index in [4.69, 9.17) is 10.6 Å². The molecule has 5 N–H and O–H groups in total. The van der Waals surface area contributed by atoms with Crippen LogP contribution < -0.4 is 21.4 Å². The van der Waals surface area contributed by atoms with Crippen LogP contribution in [0.5, 0.6) is 0 Å². The smallest absolute Gasteiger partial charge is 0.407 e. The third kappa shape index (κ3) is 10.0. The summed E-state index contributed by atoms with van der Waals surface area (Å²) in [5.41, 5.74) is 3.24. The zero-order valence-corrected chi connectivity index (χ0v) is 24.0. The fourth-order valence-electron chi connectivity index (χ4n) is 4.77. The summed E-state index contributed by atoms with van der Waals surface area (Å²) in [6.45, 7) is 6.64. The van der Waals surface area contributed by atoms with Crippen LogP contribution in [0.25, 0.3) is 0 Å². The minimum atomic E-state index is -0.941. The van der Waals surface area contributed by atoms with E-state index in [0.29, 0.717) is 19.4 Å². The van der Waals surface area contributed by atoms with Crippen molar-refractivity contribution in [3.63, 3.8) is 0 Å². The van der Waals surface area contributed by atoms with Crippen molar-refractivity contribution in [1.29, 1.82) is 0 Å². The average Bonchev–Trinajstić information content (AvgIpc) is 3.46. The Hall–Kier alpha value is -2.85. The Labute approximate surface area is 238 Å². The molecule has 1 fully saturated rings. The number of amides is 2. The topological polar surface area (TPSA) is 120 Å². The summed E-state index contributed by atoms with van der Waals surface area (Å²) >= 11 is 0. The summed E-state index contributed by atoms with van der Waals surface area (Å²) in [6.07, 6.45) is 1.94. The largest absolute Gasteiger partial charge is 0.453 e. The minimum Gasteiger partial charge on any atom is -0.453 e. The zero-order chi connectivity index (χ0) is 27.5. The Morgan fingerprint density at radius 1 is 1.05 bits per heavy atom. The quantitative estimate of drug-likeness (QED) is 0.219. The predicted octanol–water partition coefficient (Wildman–Crippen LogP) is 3.24. The van der Waals surface area contributed by atoms with Gasteiger partial charge in [-0.05, 0) is 48.4 Å². The van der Waals surface area contributed by atoms with Crippen molar-refractivity contribution >= 4 is 30.1 Å². The lowest BCUT2D eigenvalue weighted by Gasteiger charge is -2.30. The molecule has 0 radical (unpaired) electrons. The fourth-order valence-corrected chi connectivity index (χ4v) is 4.77. The van der Waals surface area contributed by atoms with Crippen LogP contribution in [-0.4, -0.2) is 67.0 Å². The van der Waals surface area contributed by atoms with Crippen molar-refractivity contribution in [2.75, 3.05) is 31.6 Å². The van der Waals surface area contributed by atoms with E-state index >= 15 is 0 Å². The molecule has 0 bridgehead atoms. The molecule has 0 aromatic heterocycles. The van der Waals surface area contributed by atoms with Crippen LogP contribution in [0.1, 0.15) is 44.2 Å². The molecule has 216 valence electrons. The molecule has 2 aromatic carbocycles. The highest BCUT2D eigenvalue weighted by Gasteiger charge is 2.31. The number of carbonyl (C=O) groups is 2. The highest BCUT2D eigenvalue weighted by Crippen LogP contribution is 2.21. The molecule has 0 spiro atoms. The number of halogens is 1. The van der Waals surface area contributed by atoms with Crippen LogP contribution >= 0.6 is 12.4 Å². The van der Waals surface area contributed by atoms with Gasteiger partial charge in [0, 0.05) is 31.9 Å². The number of nitrogens with two attached hydrogens (primary N) is 1. The highest BCUT2D eigenvalue weighted by molar-refractivity contribution is 5.86. The van der Waals surface area contributed by atoms with Gasteiger partial charge in [0.15, 0.2) is 0 Å². The number of ether oxygens (including phenoxy) is 1. The number of aliphatic hydroxyl groups excluding tert-OH is 1. The average molecular weight is 562 g/mol. The van der Waals surface area contributed by atoms with Crippen molar-refractivity contribution < 1.29 is 19.4 Å². The van der Waals surface area contributed by atoms with Crippen LogP contribution in [0.15, 0.2) is 54.6 Å². The summed E-state index contributed by atoms with van der Waals surface area (Å²) in [5.74, 6) is 5.82. The van der Waals surface area contributed by atoms with Gasteiger partial charge in [-0.1, -0.05) is 62.7 Å². The molecule has 10 heteroatoms. The predicted molar refractivity (Wildman–Crippen MR) is 157 cm³/mol. The van der Waals surface area contributed by atoms with Gasteiger partial charge in [-0.25, -0.2) is 9.80 Å². The number of nitrogens with zero attached hydrogens (tertiary/aromatic N) is 2. The normalized spacial score (nSPS) is 16.1. The van der Waals surface area contributed by atoms with Gasteiger partial charge in [-0.2, -0.15) is 0 Å². The van der Waals surface area contributed by atoms with Crippen LogP contribution in [0.3, 0.4) is 0 Å². The molecule has 4 atom stereocenters.